The quantitative estimate of drug-likeness (QED) is 0.418. The highest BCUT2D eigenvalue weighted by Crippen LogP contribution is 2.42. The Morgan fingerprint density at radius 1 is 1.03 bits per heavy atom. The molecule has 0 spiro atoms. The second-order valence-electron chi connectivity index (χ2n) is 8.17. The number of benzene rings is 2. The first-order valence-electron chi connectivity index (χ1n) is 10.8. The van der Waals surface area contributed by atoms with E-state index in [1.807, 2.05) is 48.5 Å². The lowest BCUT2D eigenvalue weighted by Gasteiger charge is -2.37. The summed E-state index contributed by atoms with van der Waals surface area (Å²) in [5, 5.41) is 26.6. The average Bonchev–Trinajstić information content (AvgIpc) is 3.22. The fourth-order valence-corrected chi connectivity index (χ4v) is 4.52. The van der Waals surface area contributed by atoms with Crippen LogP contribution in [0, 0.1) is 0 Å². The fourth-order valence-electron chi connectivity index (χ4n) is 4.11. The predicted octanol–water partition coefficient (Wildman–Crippen LogP) is 3.93. The maximum Gasteiger partial charge on any atom is 0.343 e. The van der Waals surface area contributed by atoms with Crippen LogP contribution >= 0.6 is 11.6 Å². The smallest absolute Gasteiger partial charge is 0.343 e. The van der Waals surface area contributed by atoms with Crippen LogP contribution in [0.15, 0.2) is 48.5 Å². The third kappa shape index (κ3) is 4.42. The molecule has 2 heterocycles. The number of aromatic nitrogens is 2. The molecule has 1 saturated heterocycles. The van der Waals surface area contributed by atoms with Gasteiger partial charge in [0.15, 0.2) is 0 Å². The molecule has 1 aliphatic rings. The summed E-state index contributed by atoms with van der Waals surface area (Å²) in [6.07, 6.45) is 0.460. The van der Waals surface area contributed by atoms with Crippen LogP contribution in [0.3, 0.4) is 0 Å². The molecule has 0 saturated carbocycles. The molecule has 4 rings (SSSR count). The van der Waals surface area contributed by atoms with Gasteiger partial charge in [0, 0.05) is 25.7 Å². The van der Waals surface area contributed by atoms with E-state index in [1.165, 1.54) is 11.9 Å². The van der Waals surface area contributed by atoms with E-state index in [0.717, 1.165) is 11.3 Å². The number of rotatable bonds is 5. The standard InChI is InChI=1S/C24H27ClN4O5/c1-27(32)23(30)28-14-12-24(31,13-15-28)22-20(25)21(16-4-8-18(33-2)9-5-16)29(26-22)17-6-10-19(34-3)11-7-17/h4-11,31-32H,12-15H2,1-3H3. The maximum atomic E-state index is 12.1. The highest BCUT2D eigenvalue weighted by atomic mass is 35.5. The van der Waals surface area contributed by atoms with Crippen LogP contribution in [0.25, 0.3) is 16.9 Å². The molecule has 1 aromatic heterocycles. The van der Waals surface area contributed by atoms with Gasteiger partial charge in [-0.1, -0.05) is 11.6 Å². The van der Waals surface area contributed by atoms with E-state index in [1.54, 1.807) is 18.9 Å². The summed E-state index contributed by atoms with van der Waals surface area (Å²) in [4.78, 5) is 13.6. The van der Waals surface area contributed by atoms with Crippen LogP contribution in [0.5, 0.6) is 11.5 Å². The number of hydrogen-bond donors (Lipinski definition) is 2. The Labute approximate surface area is 202 Å². The van der Waals surface area contributed by atoms with Gasteiger partial charge in [0.25, 0.3) is 0 Å². The monoisotopic (exact) mass is 486 g/mol. The second-order valence-corrected chi connectivity index (χ2v) is 8.55. The Balaban J connectivity index is 1.76. The van der Waals surface area contributed by atoms with Crippen molar-refractivity contribution in [2.75, 3.05) is 34.4 Å². The van der Waals surface area contributed by atoms with Gasteiger partial charge in [-0.2, -0.15) is 5.10 Å². The Bertz CT molecular complexity index is 1150. The number of urea groups is 1. The molecule has 2 amide bonds. The molecule has 2 aromatic carbocycles. The maximum absolute atomic E-state index is 12.1. The number of amides is 2. The van der Waals surface area contributed by atoms with Gasteiger partial charge >= 0.3 is 6.03 Å². The lowest BCUT2D eigenvalue weighted by molar-refractivity contribution is -0.0569. The lowest BCUT2D eigenvalue weighted by atomic mass is 9.88. The van der Waals surface area contributed by atoms with Gasteiger partial charge in [0.2, 0.25) is 0 Å². The lowest BCUT2D eigenvalue weighted by Crippen LogP contribution is -2.48. The zero-order chi connectivity index (χ0) is 24.5. The third-order valence-corrected chi connectivity index (χ3v) is 6.44. The highest BCUT2D eigenvalue weighted by Gasteiger charge is 2.41. The fraction of sp³-hybridized carbons (Fsp3) is 0.333. The van der Waals surface area contributed by atoms with Crippen molar-refractivity contribution in [1.82, 2.24) is 19.7 Å². The Kier molecular flexibility index (Phi) is 6.70. The minimum Gasteiger partial charge on any atom is -0.497 e. The van der Waals surface area contributed by atoms with Crippen LogP contribution in [-0.4, -0.2) is 70.4 Å². The van der Waals surface area contributed by atoms with Crippen molar-refractivity contribution in [3.8, 4) is 28.4 Å². The number of likely N-dealkylation sites (tertiary alicyclic amines) is 1. The Morgan fingerprint density at radius 3 is 2.06 bits per heavy atom. The molecule has 1 aliphatic heterocycles. The Morgan fingerprint density at radius 2 is 1.56 bits per heavy atom. The number of hydrogen-bond acceptors (Lipinski definition) is 6. The molecule has 10 heteroatoms. The van der Waals surface area contributed by atoms with Crippen LogP contribution in [0.4, 0.5) is 4.79 Å². The summed E-state index contributed by atoms with van der Waals surface area (Å²) in [5.41, 5.74) is 1.20. The molecule has 0 unspecified atom stereocenters. The van der Waals surface area contributed by atoms with Gasteiger partial charge in [0.05, 0.1) is 30.6 Å². The first-order chi connectivity index (χ1) is 16.3. The minimum absolute atomic E-state index is 0.230. The van der Waals surface area contributed by atoms with Crippen molar-refractivity contribution in [3.63, 3.8) is 0 Å². The normalized spacial score (nSPS) is 15.2. The van der Waals surface area contributed by atoms with Crippen molar-refractivity contribution < 1.29 is 24.6 Å². The van der Waals surface area contributed by atoms with E-state index in [0.29, 0.717) is 33.0 Å². The van der Waals surface area contributed by atoms with Gasteiger partial charge in [-0.3, -0.25) is 5.21 Å². The van der Waals surface area contributed by atoms with E-state index in [2.05, 4.69) is 0 Å². The first-order valence-corrected chi connectivity index (χ1v) is 11.2. The number of nitrogens with zero attached hydrogens (tertiary/aromatic N) is 4. The van der Waals surface area contributed by atoms with Crippen LogP contribution in [0.1, 0.15) is 18.5 Å². The molecule has 0 bridgehead atoms. The van der Waals surface area contributed by atoms with Gasteiger partial charge in [0.1, 0.15) is 22.8 Å². The summed E-state index contributed by atoms with van der Waals surface area (Å²) in [7, 11) is 4.47. The number of methoxy groups -OCH3 is 2. The van der Waals surface area contributed by atoms with Gasteiger partial charge in [-0.25, -0.2) is 14.5 Å². The van der Waals surface area contributed by atoms with E-state index >= 15 is 0 Å². The number of carbonyl (C=O) groups excluding carboxylic acids is 1. The molecule has 1 fully saturated rings. The van der Waals surface area contributed by atoms with Gasteiger partial charge in [-0.05, 0) is 61.4 Å². The number of piperidine rings is 1. The Hall–Kier alpha value is -3.27. The van der Waals surface area contributed by atoms with Crippen molar-refractivity contribution >= 4 is 17.6 Å². The van der Waals surface area contributed by atoms with Crippen molar-refractivity contribution in [2.45, 2.75) is 18.4 Å². The number of carbonyl (C=O) groups is 1. The molecule has 0 aliphatic carbocycles. The molecule has 9 nitrogen and oxygen atoms in total. The van der Waals surface area contributed by atoms with Crippen molar-refractivity contribution in [1.29, 1.82) is 0 Å². The zero-order valence-corrected chi connectivity index (χ0v) is 20.0. The SMILES string of the molecule is COc1ccc(-c2c(Cl)c(C3(O)CCN(C(=O)N(C)O)CC3)nn2-c2ccc(OC)cc2)cc1. The molecule has 0 radical (unpaired) electrons. The summed E-state index contributed by atoms with van der Waals surface area (Å²) >= 11 is 6.89. The predicted molar refractivity (Wildman–Crippen MR) is 127 cm³/mol. The molecule has 3 aromatic rings. The first kappa shape index (κ1) is 23.9. The van der Waals surface area contributed by atoms with Crippen molar-refractivity contribution in [2.24, 2.45) is 0 Å². The van der Waals surface area contributed by atoms with E-state index in [9.17, 15) is 15.1 Å². The number of aliphatic hydroxyl groups is 1. The molecule has 34 heavy (non-hydrogen) atoms. The van der Waals surface area contributed by atoms with Gasteiger partial charge in [-0.15, -0.1) is 0 Å². The molecule has 0 atom stereocenters. The molecular formula is C24H27ClN4O5. The number of halogens is 1. The zero-order valence-electron chi connectivity index (χ0n) is 19.2. The number of hydroxylamine groups is 2. The van der Waals surface area contributed by atoms with E-state index in [4.69, 9.17) is 26.2 Å². The van der Waals surface area contributed by atoms with Crippen LogP contribution in [0.2, 0.25) is 5.02 Å². The average molecular weight is 487 g/mol. The second kappa shape index (κ2) is 9.54. The highest BCUT2D eigenvalue weighted by molar-refractivity contribution is 6.34. The summed E-state index contributed by atoms with van der Waals surface area (Å²) in [6, 6.07) is 14.3. The summed E-state index contributed by atoms with van der Waals surface area (Å²) < 4.78 is 12.2. The molecule has 180 valence electrons. The molecule has 2 N–H and O–H groups in total. The van der Waals surface area contributed by atoms with Crippen LogP contribution < -0.4 is 9.47 Å². The van der Waals surface area contributed by atoms with E-state index < -0.39 is 11.6 Å². The van der Waals surface area contributed by atoms with Crippen LogP contribution in [-0.2, 0) is 5.60 Å². The van der Waals surface area contributed by atoms with E-state index in [-0.39, 0.29) is 25.9 Å². The summed E-state index contributed by atoms with van der Waals surface area (Å²) in [6.45, 7) is 0.508. The topological polar surface area (TPSA) is 100 Å². The summed E-state index contributed by atoms with van der Waals surface area (Å²) in [5.74, 6) is 1.41. The van der Waals surface area contributed by atoms with Gasteiger partial charge < -0.3 is 19.5 Å². The molecular weight excluding hydrogens is 460 g/mol. The third-order valence-electron chi connectivity index (χ3n) is 6.09. The van der Waals surface area contributed by atoms with Crippen molar-refractivity contribution in [3.05, 3.63) is 59.2 Å². The largest absolute Gasteiger partial charge is 0.497 e. The number of ether oxygens (including phenoxy) is 2. The minimum atomic E-state index is -1.33.